The van der Waals surface area contributed by atoms with Crippen molar-refractivity contribution in [2.45, 2.75) is 32.1 Å². The summed E-state index contributed by atoms with van der Waals surface area (Å²) in [5.74, 6) is 0.0203. The largest absolute Gasteiger partial charge is 0.385 e. The van der Waals surface area contributed by atoms with Crippen molar-refractivity contribution in [2.24, 2.45) is 0 Å². The highest BCUT2D eigenvalue weighted by atomic mass is 16.5. The van der Waals surface area contributed by atoms with E-state index in [1.54, 1.807) is 12.0 Å². The van der Waals surface area contributed by atoms with Gasteiger partial charge >= 0.3 is 0 Å². The zero-order valence-electron chi connectivity index (χ0n) is 13.5. The first-order valence-electron chi connectivity index (χ1n) is 7.65. The van der Waals surface area contributed by atoms with E-state index in [1.165, 1.54) is 0 Å². The molecule has 0 aromatic heterocycles. The minimum absolute atomic E-state index is 0.0360. The predicted octanol–water partition coefficient (Wildman–Crippen LogP) is 1.85. The fraction of sp³-hybridized carbons (Fsp3) is 0.529. The molecule has 2 rings (SSSR count). The van der Waals surface area contributed by atoms with E-state index in [9.17, 15) is 9.59 Å². The van der Waals surface area contributed by atoms with Crippen LogP contribution in [0, 0.1) is 0 Å². The zero-order chi connectivity index (χ0) is 16.2. The lowest BCUT2D eigenvalue weighted by atomic mass is 9.86. The number of para-hydroxylation sites is 1. The van der Waals surface area contributed by atoms with E-state index < -0.39 is 5.41 Å². The number of ether oxygens (including phenoxy) is 1. The van der Waals surface area contributed by atoms with Crippen LogP contribution in [0.2, 0.25) is 0 Å². The number of hydrogen-bond acceptors (Lipinski definition) is 3. The number of anilines is 1. The fourth-order valence-corrected chi connectivity index (χ4v) is 2.77. The van der Waals surface area contributed by atoms with Gasteiger partial charge in [0, 0.05) is 38.9 Å². The summed E-state index contributed by atoms with van der Waals surface area (Å²) in [6.45, 7) is 5.50. The van der Waals surface area contributed by atoms with Gasteiger partial charge in [-0.05, 0) is 31.9 Å². The second-order valence-electron chi connectivity index (χ2n) is 6.05. The highest BCUT2D eigenvalue weighted by Crippen LogP contribution is 2.41. The van der Waals surface area contributed by atoms with Gasteiger partial charge in [0.2, 0.25) is 11.8 Å². The molecule has 0 radical (unpaired) electrons. The third-order valence-electron chi connectivity index (χ3n) is 4.06. The van der Waals surface area contributed by atoms with Crippen LogP contribution in [-0.2, 0) is 19.7 Å². The van der Waals surface area contributed by atoms with Crippen molar-refractivity contribution in [1.29, 1.82) is 0 Å². The molecule has 0 atom stereocenters. The van der Waals surface area contributed by atoms with E-state index in [-0.39, 0.29) is 11.8 Å². The third-order valence-corrected chi connectivity index (χ3v) is 4.06. The maximum Gasteiger partial charge on any atom is 0.237 e. The monoisotopic (exact) mass is 304 g/mol. The number of fused-ring (bicyclic) bond motifs is 1. The Morgan fingerprint density at radius 3 is 2.77 bits per heavy atom. The van der Waals surface area contributed by atoms with Crippen molar-refractivity contribution >= 4 is 17.5 Å². The molecule has 0 unspecified atom stereocenters. The van der Waals surface area contributed by atoms with Crippen molar-refractivity contribution in [1.82, 2.24) is 5.32 Å². The number of nitrogens with one attached hydrogen (secondary N) is 1. The van der Waals surface area contributed by atoms with Gasteiger partial charge in [-0.2, -0.15) is 0 Å². The van der Waals surface area contributed by atoms with Crippen LogP contribution in [-0.4, -0.2) is 38.6 Å². The average molecular weight is 304 g/mol. The second-order valence-corrected chi connectivity index (χ2v) is 6.05. The summed E-state index contributed by atoms with van der Waals surface area (Å²) >= 11 is 0. The highest BCUT2D eigenvalue weighted by molar-refractivity contribution is 6.07. The molecule has 0 bridgehead atoms. The first kappa shape index (κ1) is 16.5. The quantitative estimate of drug-likeness (QED) is 0.782. The number of benzene rings is 1. The molecule has 1 aliphatic rings. The number of nitrogens with zero attached hydrogens (tertiary/aromatic N) is 1. The maximum atomic E-state index is 12.6. The summed E-state index contributed by atoms with van der Waals surface area (Å²) < 4.78 is 4.94. The van der Waals surface area contributed by atoms with Crippen LogP contribution in [0.3, 0.4) is 0 Å². The number of rotatable bonds is 7. The summed E-state index contributed by atoms with van der Waals surface area (Å²) in [5, 5.41) is 2.84. The van der Waals surface area contributed by atoms with E-state index in [1.807, 2.05) is 38.1 Å². The van der Waals surface area contributed by atoms with Crippen molar-refractivity contribution in [2.75, 3.05) is 31.7 Å². The topological polar surface area (TPSA) is 58.6 Å². The Morgan fingerprint density at radius 2 is 2.05 bits per heavy atom. The van der Waals surface area contributed by atoms with E-state index in [2.05, 4.69) is 5.32 Å². The predicted molar refractivity (Wildman–Crippen MR) is 85.9 cm³/mol. The van der Waals surface area contributed by atoms with Crippen LogP contribution >= 0.6 is 0 Å². The van der Waals surface area contributed by atoms with Gasteiger partial charge in [-0.25, -0.2) is 0 Å². The molecule has 0 aliphatic carbocycles. The lowest BCUT2D eigenvalue weighted by molar-refractivity contribution is -0.122. The number of carbonyl (C=O) groups is 2. The summed E-state index contributed by atoms with van der Waals surface area (Å²) in [7, 11) is 1.64. The molecule has 0 fully saturated rings. The van der Waals surface area contributed by atoms with Crippen LogP contribution < -0.4 is 10.2 Å². The minimum Gasteiger partial charge on any atom is -0.385 e. The molecule has 1 aromatic carbocycles. The van der Waals surface area contributed by atoms with Crippen LogP contribution in [0.5, 0.6) is 0 Å². The van der Waals surface area contributed by atoms with Crippen LogP contribution in [0.1, 0.15) is 32.3 Å². The van der Waals surface area contributed by atoms with Crippen molar-refractivity contribution in [3.05, 3.63) is 29.8 Å². The number of hydrogen-bond donors (Lipinski definition) is 1. The van der Waals surface area contributed by atoms with Gasteiger partial charge < -0.3 is 15.0 Å². The molecule has 0 spiro atoms. The fourth-order valence-electron chi connectivity index (χ4n) is 2.77. The van der Waals surface area contributed by atoms with Crippen molar-refractivity contribution in [3.8, 4) is 0 Å². The molecule has 1 aliphatic heterocycles. The summed E-state index contributed by atoms with van der Waals surface area (Å²) in [5.41, 5.74) is 1.43. The van der Waals surface area contributed by atoms with E-state index in [0.717, 1.165) is 17.7 Å². The molecular formula is C17H24N2O3. The van der Waals surface area contributed by atoms with Gasteiger partial charge in [0.1, 0.15) is 0 Å². The minimum atomic E-state index is -0.522. The molecule has 5 nitrogen and oxygen atoms in total. The number of amides is 2. The van der Waals surface area contributed by atoms with Gasteiger partial charge in [0.25, 0.3) is 0 Å². The van der Waals surface area contributed by atoms with Crippen LogP contribution in [0.15, 0.2) is 24.3 Å². The zero-order valence-corrected chi connectivity index (χ0v) is 13.5. The van der Waals surface area contributed by atoms with E-state index >= 15 is 0 Å². The Kier molecular flexibility index (Phi) is 5.19. The molecule has 0 saturated heterocycles. The maximum absolute atomic E-state index is 12.6. The van der Waals surface area contributed by atoms with Crippen LogP contribution in [0.4, 0.5) is 5.69 Å². The van der Waals surface area contributed by atoms with Crippen molar-refractivity contribution in [3.63, 3.8) is 0 Å². The molecule has 1 heterocycles. The molecule has 22 heavy (non-hydrogen) atoms. The lowest BCUT2D eigenvalue weighted by Crippen LogP contribution is -2.38. The molecule has 2 amide bonds. The summed E-state index contributed by atoms with van der Waals surface area (Å²) in [6, 6.07) is 7.79. The van der Waals surface area contributed by atoms with Gasteiger partial charge in [-0.1, -0.05) is 18.2 Å². The van der Waals surface area contributed by atoms with Gasteiger partial charge in [0.05, 0.1) is 5.41 Å². The average Bonchev–Trinajstić information content (AvgIpc) is 2.70. The Bertz CT molecular complexity index is 555. The molecule has 1 N–H and O–H groups in total. The number of carbonyl (C=O) groups excluding carboxylic acids is 2. The summed E-state index contributed by atoms with van der Waals surface area (Å²) in [4.78, 5) is 26.2. The van der Waals surface area contributed by atoms with E-state index in [0.29, 0.717) is 26.1 Å². The highest BCUT2D eigenvalue weighted by Gasteiger charge is 2.43. The Labute approximate surface area is 131 Å². The Morgan fingerprint density at radius 1 is 1.32 bits per heavy atom. The van der Waals surface area contributed by atoms with Crippen LogP contribution in [0.25, 0.3) is 0 Å². The van der Waals surface area contributed by atoms with Gasteiger partial charge in [0.15, 0.2) is 0 Å². The molecule has 1 aromatic rings. The van der Waals surface area contributed by atoms with Gasteiger partial charge in [-0.15, -0.1) is 0 Å². The third kappa shape index (κ3) is 3.30. The Balaban J connectivity index is 1.94. The first-order chi connectivity index (χ1) is 10.5. The summed E-state index contributed by atoms with van der Waals surface area (Å²) in [6.07, 6.45) is 1.10. The van der Waals surface area contributed by atoms with E-state index in [4.69, 9.17) is 4.74 Å². The first-order valence-corrected chi connectivity index (χ1v) is 7.65. The molecule has 120 valence electrons. The molecule has 0 saturated carbocycles. The lowest BCUT2D eigenvalue weighted by Gasteiger charge is -2.20. The van der Waals surface area contributed by atoms with Crippen molar-refractivity contribution < 1.29 is 14.3 Å². The molecular weight excluding hydrogens is 280 g/mol. The number of methoxy groups -OCH3 is 1. The SMILES string of the molecule is COCCCNC(=O)CCN1C(=O)C(C)(C)c2ccccc21. The Hall–Kier alpha value is -1.88. The van der Waals surface area contributed by atoms with Gasteiger partial charge in [-0.3, -0.25) is 9.59 Å². The second kappa shape index (κ2) is 6.92. The molecule has 5 heteroatoms. The standard InChI is InChI=1S/C17H24N2O3/c1-17(2)13-7-4-5-8-14(13)19(16(17)21)11-9-15(20)18-10-6-12-22-3/h4-5,7-8H,6,9-12H2,1-3H3,(H,18,20). The normalized spacial score (nSPS) is 15.8. The smallest absolute Gasteiger partial charge is 0.237 e.